The van der Waals surface area contributed by atoms with Crippen LogP contribution in [0.15, 0.2) is 12.2 Å². The van der Waals surface area contributed by atoms with Crippen molar-refractivity contribution in [2.45, 2.75) is 69.2 Å². The number of imide groups is 2. The highest BCUT2D eigenvalue weighted by Gasteiger charge is 2.57. The second-order valence-corrected chi connectivity index (χ2v) is 13.4. The topological polar surface area (TPSA) is 184 Å². The van der Waals surface area contributed by atoms with Crippen LogP contribution in [-0.2, 0) is 43.0 Å². The molecule has 0 saturated carbocycles. The molecule has 2 saturated heterocycles. The van der Waals surface area contributed by atoms with Gasteiger partial charge in [-0.05, 0) is 25.2 Å². The van der Waals surface area contributed by atoms with Crippen LogP contribution in [0.4, 0.5) is 0 Å². The second kappa shape index (κ2) is 16.5. The maximum Gasteiger partial charge on any atom is 0.253 e. The molecule has 15 heteroatoms. The fourth-order valence-corrected chi connectivity index (χ4v) is 6.24. The van der Waals surface area contributed by atoms with E-state index in [0.717, 1.165) is 9.80 Å². The third-order valence-electron chi connectivity index (χ3n) is 7.40. The highest BCUT2D eigenvalue weighted by Crippen LogP contribution is 2.53. The van der Waals surface area contributed by atoms with E-state index in [0.29, 0.717) is 58.8 Å². The Morgan fingerprint density at radius 1 is 1.00 bits per heavy atom. The van der Waals surface area contributed by atoms with E-state index in [2.05, 4.69) is 10.6 Å². The lowest BCUT2D eigenvalue weighted by molar-refractivity contribution is -0.139. The molecule has 3 unspecified atom stereocenters. The third kappa shape index (κ3) is 10.9. The van der Waals surface area contributed by atoms with Crippen molar-refractivity contribution in [2.75, 3.05) is 59.2 Å². The number of hydrogen-bond acceptors (Lipinski definition) is 11. The number of carbonyl (C=O) groups is 6. The Kier molecular flexibility index (Phi) is 13.3. The summed E-state index contributed by atoms with van der Waals surface area (Å²) < 4.78 is 16.8. The molecule has 0 aromatic heterocycles. The summed E-state index contributed by atoms with van der Waals surface area (Å²) in [5, 5.41) is 14.2. The van der Waals surface area contributed by atoms with E-state index in [9.17, 15) is 28.8 Å². The van der Waals surface area contributed by atoms with Crippen molar-refractivity contribution in [1.82, 2.24) is 20.4 Å². The van der Waals surface area contributed by atoms with Crippen LogP contribution in [0.5, 0.6) is 0 Å². The van der Waals surface area contributed by atoms with Crippen LogP contribution in [0.3, 0.4) is 0 Å². The largest absolute Gasteiger partial charge is 0.395 e. The number of β-amino-alcohol motifs (C(OH)–C–C–N with tert-alkyl or cyclic N) is 1. The van der Waals surface area contributed by atoms with Gasteiger partial charge in [-0.25, -0.2) is 0 Å². The van der Waals surface area contributed by atoms with Gasteiger partial charge in [-0.3, -0.25) is 38.6 Å². The zero-order valence-electron chi connectivity index (χ0n) is 25.6. The molecule has 0 spiro atoms. The summed E-state index contributed by atoms with van der Waals surface area (Å²) in [5.41, 5.74) is -0.242. The Balaban J connectivity index is 1.16. The Morgan fingerprint density at radius 2 is 1.66 bits per heavy atom. The van der Waals surface area contributed by atoms with Crippen LogP contribution in [-0.4, -0.2) is 126 Å². The number of carbonyl (C=O) groups excluding carboxylic acids is 6. The van der Waals surface area contributed by atoms with Gasteiger partial charge in [-0.15, -0.1) is 11.8 Å². The third-order valence-corrected chi connectivity index (χ3v) is 8.88. The molecule has 0 aromatic carbocycles. The number of epoxide rings is 1. The number of ether oxygens (including phenoxy) is 3. The fraction of sp³-hybridized carbons (Fsp3) is 0.724. The number of thioether (sulfide) groups is 1. The lowest BCUT2D eigenvalue weighted by Crippen LogP contribution is -2.35. The van der Waals surface area contributed by atoms with Crippen molar-refractivity contribution in [2.24, 2.45) is 5.41 Å². The van der Waals surface area contributed by atoms with Gasteiger partial charge in [0.2, 0.25) is 23.6 Å². The minimum atomic E-state index is -0.567. The molecule has 0 aromatic rings. The summed E-state index contributed by atoms with van der Waals surface area (Å²) in [7, 11) is 0. The average molecular weight is 641 g/mol. The molecule has 44 heavy (non-hydrogen) atoms. The Hall–Kier alpha value is -2.85. The molecule has 0 aliphatic carbocycles. The zero-order chi connectivity index (χ0) is 32.3. The molecule has 3 atom stereocenters. The number of rotatable bonds is 21. The van der Waals surface area contributed by atoms with Crippen molar-refractivity contribution in [3.8, 4) is 0 Å². The van der Waals surface area contributed by atoms with E-state index in [1.165, 1.54) is 23.9 Å². The molecule has 6 amide bonds. The maximum atomic E-state index is 12.5. The Labute approximate surface area is 261 Å². The summed E-state index contributed by atoms with van der Waals surface area (Å²) in [5.74, 6) is -1.73. The maximum absolute atomic E-state index is 12.5. The van der Waals surface area contributed by atoms with Gasteiger partial charge in [0.05, 0.1) is 44.3 Å². The lowest BCUT2D eigenvalue weighted by atomic mass is 9.87. The molecule has 3 aliphatic rings. The molecule has 246 valence electrons. The monoisotopic (exact) mass is 640 g/mol. The van der Waals surface area contributed by atoms with Gasteiger partial charge in [0, 0.05) is 57.7 Å². The SMILES string of the molecule is CC(C)(CNC(=O)CCCOCCOCCNC(=O)CCN1C(=O)C=CC1=O)CC1OC1(C)SC1CC(=O)N(CCO)C1=O. The van der Waals surface area contributed by atoms with Crippen LogP contribution in [0.2, 0.25) is 0 Å². The van der Waals surface area contributed by atoms with Crippen LogP contribution >= 0.6 is 11.8 Å². The zero-order valence-corrected chi connectivity index (χ0v) is 26.4. The fourth-order valence-electron chi connectivity index (χ4n) is 4.81. The summed E-state index contributed by atoms with van der Waals surface area (Å²) in [4.78, 5) is 73.2. The molecule has 3 N–H and O–H groups in total. The highest BCUT2D eigenvalue weighted by atomic mass is 32.2. The number of hydrogen-bond donors (Lipinski definition) is 3. The smallest absolute Gasteiger partial charge is 0.253 e. The number of nitrogens with one attached hydrogen (secondary N) is 2. The van der Waals surface area contributed by atoms with Crippen molar-refractivity contribution in [1.29, 1.82) is 0 Å². The number of aliphatic hydroxyl groups is 1. The second-order valence-electron chi connectivity index (χ2n) is 11.8. The van der Waals surface area contributed by atoms with Gasteiger partial charge in [-0.2, -0.15) is 0 Å². The lowest BCUT2D eigenvalue weighted by Gasteiger charge is -2.25. The summed E-state index contributed by atoms with van der Waals surface area (Å²) >= 11 is 1.36. The molecule has 2 fully saturated rings. The van der Waals surface area contributed by atoms with E-state index in [4.69, 9.17) is 19.3 Å². The van der Waals surface area contributed by atoms with Gasteiger partial charge < -0.3 is 30.0 Å². The van der Waals surface area contributed by atoms with Crippen molar-refractivity contribution in [3.63, 3.8) is 0 Å². The molecule has 14 nitrogen and oxygen atoms in total. The standard InChI is InChI=1S/C29H44N4O10S/c1-28(2,18-21-29(3,43-21)44-20-17-26(39)33(11-12-34)27(20)40)19-31-22(35)5-4-13-41-15-16-42-14-9-30-23(36)8-10-32-24(37)6-7-25(32)38/h6-7,20-21,34H,4-5,8-19H2,1-3H3,(H,30,36)(H,31,35). The summed E-state index contributed by atoms with van der Waals surface area (Å²) in [6.45, 7) is 7.95. The van der Waals surface area contributed by atoms with E-state index < -0.39 is 22.0 Å². The minimum absolute atomic E-state index is 0.0162. The van der Waals surface area contributed by atoms with E-state index >= 15 is 0 Å². The first-order valence-electron chi connectivity index (χ1n) is 14.9. The molecular weight excluding hydrogens is 596 g/mol. The van der Waals surface area contributed by atoms with E-state index in [1.54, 1.807) is 0 Å². The number of nitrogens with zero attached hydrogens (tertiary/aromatic N) is 2. The van der Waals surface area contributed by atoms with E-state index in [-0.39, 0.29) is 67.7 Å². The first-order valence-corrected chi connectivity index (χ1v) is 15.8. The van der Waals surface area contributed by atoms with Crippen LogP contribution in [0, 0.1) is 5.41 Å². The molecule has 0 radical (unpaired) electrons. The molecule has 3 rings (SSSR count). The Bertz CT molecular complexity index is 1100. The normalized spacial score (nSPS) is 23.2. The molecular formula is C29H44N4O10S. The molecule has 0 bridgehead atoms. The predicted molar refractivity (Wildman–Crippen MR) is 159 cm³/mol. The van der Waals surface area contributed by atoms with E-state index in [1.807, 2.05) is 20.8 Å². The van der Waals surface area contributed by atoms with Crippen molar-refractivity contribution < 1.29 is 48.1 Å². The number of amides is 6. The predicted octanol–water partition coefficient (Wildman–Crippen LogP) is -0.268. The van der Waals surface area contributed by atoms with Gasteiger partial charge >= 0.3 is 0 Å². The summed E-state index contributed by atoms with van der Waals surface area (Å²) in [6.07, 6.45) is 3.96. The first kappa shape index (κ1) is 35.6. The molecule has 3 heterocycles. The Morgan fingerprint density at radius 3 is 2.34 bits per heavy atom. The van der Waals surface area contributed by atoms with Crippen molar-refractivity contribution >= 4 is 47.2 Å². The number of likely N-dealkylation sites (tertiary alicyclic amines) is 1. The number of aliphatic hydroxyl groups excluding tert-OH is 1. The first-order chi connectivity index (χ1) is 20.8. The van der Waals surface area contributed by atoms with Crippen molar-refractivity contribution in [3.05, 3.63) is 12.2 Å². The molecule has 3 aliphatic heterocycles. The van der Waals surface area contributed by atoms with Crippen LogP contribution in [0.25, 0.3) is 0 Å². The van der Waals surface area contributed by atoms with Gasteiger partial charge in [0.25, 0.3) is 11.8 Å². The summed E-state index contributed by atoms with van der Waals surface area (Å²) in [6, 6.07) is 0. The van der Waals surface area contributed by atoms with Gasteiger partial charge in [0.15, 0.2) is 0 Å². The van der Waals surface area contributed by atoms with Gasteiger partial charge in [-0.1, -0.05) is 13.8 Å². The average Bonchev–Trinajstić information content (AvgIpc) is 3.34. The highest BCUT2D eigenvalue weighted by molar-refractivity contribution is 8.02. The van der Waals surface area contributed by atoms with Crippen LogP contribution in [0.1, 0.15) is 52.9 Å². The minimum Gasteiger partial charge on any atom is -0.395 e. The quantitative estimate of drug-likeness (QED) is 0.0853. The van der Waals surface area contributed by atoms with Crippen LogP contribution < -0.4 is 10.6 Å². The van der Waals surface area contributed by atoms with Gasteiger partial charge in [0.1, 0.15) is 4.93 Å².